The van der Waals surface area contributed by atoms with Gasteiger partial charge in [0.1, 0.15) is 5.01 Å². The van der Waals surface area contributed by atoms with Gasteiger partial charge >= 0.3 is 0 Å². The van der Waals surface area contributed by atoms with Crippen LogP contribution in [0.5, 0.6) is 0 Å². The van der Waals surface area contributed by atoms with Crippen LogP contribution in [0.25, 0.3) is 5.57 Å². The van der Waals surface area contributed by atoms with Gasteiger partial charge in [-0.2, -0.15) is 0 Å². The van der Waals surface area contributed by atoms with Gasteiger partial charge in [0, 0.05) is 23.5 Å². The third-order valence-electron chi connectivity index (χ3n) is 3.04. The molecule has 0 saturated heterocycles. The van der Waals surface area contributed by atoms with Gasteiger partial charge in [0.25, 0.3) is 11.4 Å². The molecule has 1 aromatic carbocycles. The maximum absolute atomic E-state index is 10.9. The van der Waals surface area contributed by atoms with Crippen LogP contribution in [0.3, 0.4) is 0 Å². The van der Waals surface area contributed by atoms with Crippen molar-refractivity contribution in [3.05, 3.63) is 79.9 Å². The van der Waals surface area contributed by atoms with E-state index in [1.807, 2.05) is 25.2 Å². The van der Waals surface area contributed by atoms with E-state index < -0.39 is 9.85 Å². The fourth-order valence-electron chi connectivity index (χ4n) is 1.99. The molecule has 2 rings (SSSR count). The number of thioether (sulfide) groups is 1. The van der Waals surface area contributed by atoms with Crippen molar-refractivity contribution in [2.24, 2.45) is 0 Å². The fourth-order valence-corrected chi connectivity index (χ4v) is 3.77. The first-order chi connectivity index (χ1) is 12.4. The molecule has 134 valence electrons. The number of allylic oxidation sites excluding steroid dienone is 5. The number of hydrogen-bond acceptors (Lipinski definition) is 8. The summed E-state index contributed by atoms with van der Waals surface area (Å²) in [6.07, 6.45) is 7.25. The molecule has 26 heavy (non-hydrogen) atoms. The molecule has 2 aromatic rings. The van der Waals surface area contributed by atoms with E-state index in [-0.39, 0.29) is 11.4 Å². The molecule has 0 unspecified atom stereocenters. The second-order valence-corrected chi connectivity index (χ2v) is 7.09. The summed E-state index contributed by atoms with van der Waals surface area (Å²) in [5.41, 5.74) is 0.731. The average Bonchev–Trinajstić information content (AvgIpc) is 3.08. The van der Waals surface area contributed by atoms with Gasteiger partial charge in [0.15, 0.2) is 4.34 Å². The molecular weight excluding hydrogens is 376 g/mol. The maximum atomic E-state index is 10.9. The lowest BCUT2D eigenvalue weighted by atomic mass is 10.2. The molecule has 0 amide bonds. The minimum Gasteiger partial charge on any atom is -0.258 e. The van der Waals surface area contributed by atoms with Crippen LogP contribution in [0.2, 0.25) is 0 Å². The topological polar surface area (TPSA) is 112 Å². The highest BCUT2D eigenvalue weighted by atomic mass is 32.2. The van der Waals surface area contributed by atoms with Crippen LogP contribution >= 0.6 is 23.1 Å². The SMILES string of the molecule is C=C/C=C(\C=C/C)c1nnc(SCc2cc([N+](=O)[O-])cc([N+](=O)[O-])c2)s1. The molecule has 1 heterocycles. The Balaban J connectivity index is 2.19. The van der Waals surface area contributed by atoms with Crippen molar-refractivity contribution in [3.63, 3.8) is 0 Å². The molecule has 0 atom stereocenters. The van der Waals surface area contributed by atoms with Gasteiger partial charge in [-0.05, 0) is 12.5 Å². The Bertz CT molecular complexity index is 873. The molecule has 0 bridgehead atoms. The standard InChI is InChI=1S/C16H14N4O4S2/c1-3-5-12(6-4-2)15-17-18-16(26-15)25-10-11-7-13(19(21)22)9-14(8-11)20(23)24/h3-9H,1,10H2,2H3/b6-4-,12-5+. The fraction of sp³-hybridized carbons (Fsp3) is 0.125. The summed E-state index contributed by atoms with van der Waals surface area (Å²) in [6.45, 7) is 5.56. The van der Waals surface area contributed by atoms with Crippen LogP contribution in [0, 0.1) is 20.2 Å². The number of aromatic nitrogens is 2. The van der Waals surface area contributed by atoms with Crippen molar-refractivity contribution >= 4 is 40.0 Å². The highest BCUT2D eigenvalue weighted by molar-refractivity contribution is 8.00. The average molecular weight is 390 g/mol. The highest BCUT2D eigenvalue weighted by Gasteiger charge is 2.17. The third-order valence-corrected chi connectivity index (χ3v) is 5.22. The molecule has 0 saturated carbocycles. The molecule has 1 aromatic heterocycles. The second kappa shape index (κ2) is 9.02. The van der Waals surface area contributed by atoms with E-state index in [0.717, 1.165) is 16.6 Å². The molecule has 0 spiro atoms. The summed E-state index contributed by atoms with van der Waals surface area (Å²) in [5.74, 6) is 0.307. The largest absolute Gasteiger partial charge is 0.276 e. The molecule has 0 aliphatic carbocycles. The van der Waals surface area contributed by atoms with Crippen molar-refractivity contribution in [1.82, 2.24) is 10.2 Å². The smallest absolute Gasteiger partial charge is 0.258 e. The van der Waals surface area contributed by atoms with Gasteiger partial charge in [0.05, 0.1) is 15.9 Å². The van der Waals surface area contributed by atoms with Gasteiger partial charge in [0.2, 0.25) is 0 Å². The first kappa shape index (κ1) is 19.5. The summed E-state index contributed by atoms with van der Waals surface area (Å²) in [4.78, 5) is 20.6. The van der Waals surface area contributed by atoms with Gasteiger partial charge in [-0.15, -0.1) is 10.2 Å². The van der Waals surface area contributed by atoms with E-state index >= 15 is 0 Å². The predicted octanol–water partition coefficient (Wildman–Crippen LogP) is 4.79. The van der Waals surface area contributed by atoms with E-state index in [9.17, 15) is 20.2 Å². The second-order valence-electron chi connectivity index (χ2n) is 4.89. The number of nitro benzene ring substituents is 2. The van der Waals surface area contributed by atoms with Crippen LogP contribution in [-0.2, 0) is 5.75 Å². The monoisotopic (exact) mass is 390 g/mol. The van der Waals surface area contributed by atoms with Gasteiger partial charge in [-0.1, -0.05) is 54.0 Å². The summed E-state index contributed by atoms with van der Waals surface area (Å²) in [7, 11) is 0. The Kier molecular flexibility index (Phi) is 6.75. The number of non-ortho nitro benzene ring substituents is 2. The third kappa shape index (κ3) is 5.07. The van der Waals surface area contributed by atoms with Crippen LogP contribution in [0.1, 0.15) is 17.5 Å². The van der Waals surface area contributed by atoms with Gasteiger partial charge in [-0.3, -0.25) is 20.2 Å². The summed E-state index contributed by atoms with van der Waals surface area (Å²) in [5, 5.41) is 30.8. The zero-order valence-electron chi connectivity index (χ0n) is 13.7. The van der Waals surface area contributed by atoms with E-state index in [4.69, 9.17) is 0 Å². The van der Waals surface area contributed by atoms with E-state index in [1.165, 1.54) is 35.2 Å². The van der Waals surface area contributed by atoms with Crippen LogP contribution in [-0.4, -0.2) is 20.0 Å². The van der Waals surface area contributed by atoms with Crippen molar-refractivity contribution < 1.29 is 9.85 Å². The number of benzene rings is 1. The normalized spacial score (nSPS) is 11.7. The van der Waals surface area contributed by atoms with E-state index in [0.29, 0.717) is 15.7 Å². The van der Waals surface area contributed by atoms with Gasteiger partial charge < -0.3 is 0 Å². The quantitative estimate of drug-likeness (QED) is 0.275. The van der Waals surface area contributed by atoms with Crippen LogP contribution < -0.4 is 0 Å². The highest BCUT2D eigenvalue weighted by Crippen LogP contribution is 2.31. The summed E-state index contributed by atoms with van der Waals surface area (Å²) in [6, 6.07) is 3.59. The summed E-state index contributed by atoms with van der Waals surface area (Å²) < 4.78 is 0.661. The van der Waals surface area contributed by atoms with Crippen molar-refractivity contribution in [2.75, 3.05) is 0 Å². The molecule has 10 heteroatoms. The van der Waals surface area contributed by atoms with E-state index in [2.05, 4.69) is 16.8 Å². The van der Waals surface area contributed by atoms with Gasteiger partial charge in [-0.25, -0.2) is 0 Å². The molecule has 0 fully saturated rings. The lowest BCUT2D eigenvalue weighted by Gasteiger charge is -2.00. The number of nitro groups is 2. The lowest BCUT2D eigenvalue weighted by Crippen LogP contribution is -1.95. The van der Waals surface area contributed by atoms with Crippen LogP contribution in [0.4, 0.5) is 11.4 Å². The number of rotatable bonds is 8. The first-order valence-electron chi connectivity index (χ1n) is 7.29. The molecule has 0 aliphatic heterocycles. The molecule has 0 aliphatic rings. The first-order valence-corrected chi connectivity index (χ1v) is 9.09. The number of hydrogen-bond donors (Lipinski definition) is 0. The molecular formula is C16H14N4O4S2. The minimum atomic E-state index is -0.645. The Morgan fingerprint density at radius 2 is 1.88 bits per heavy atom. The maximum Gasteiger partial charge on any atom is 0.276 e. The Morgan fingerprint density at radius 3 is 2.42 bits per heavy atom. The zero-order chi connectivity index (χ0) is 19.1. The van der Waals surface area contributed by atoms with Crippen molar-refractivity contribution in [3.8, 4) is 0 Å². The van der Waals surface area contributed by atoms with Crippen molar-refractivity contribution in [1.29, 1.82) is 0 Å². The van der Waals surface area contributed by atoms with E-state index in [1.54, 1.807) is 6.08 Å². The Hall–Kier alpha value is -2.85. The zero-order valence-corrected chi connectivity index (χ0v) is 15.3. The minimum absolute atomic E-state index is 0.307. The van der Waals surface area contributed by atoms with Crippen molar-refractivity contribution in [2.45, 2.75) is 17.0 Å². The lowest BCUT2D eigenvalue weighted by molar-refractivity contribution is -0.394. The Morgan fingerprint density at radius 1 is 1.23 bits per heavy atom. The molecule has 8 nitrogen and oxygen atoms in total. The van der Waals surface area contributed by atoms with Crippen LogP contribution in [0.15, 0.2) is 53.4 Å². The Labute approximate surface area is 157 Å². The molecule has 0 radical (unpaired) electrons. The number of nitrogens with zero attached hydrogens (tertiary/aromatic N) is 4. The predicted molar refractivity (Wildman–Crippen MR) is 102 cm³/mol. The molecule has 0 N–H and O–H groups in total. The summed E-state index contributed by atoms with van der Waals surface area (Å²) >= 11 is 2.68.